The average Bonchev–Trinajstić information content (AvgIpc) is 2.70. The summed E-state index contributed by atoms with van der Waals surface area (Å²) in [5.41, 5.74) is 12.0. The minimum atomic E-state index is 0.589. The number of hydrogen-bond donors (Lipinski definition) is 2. The topological polar surface area (TPSA) is 67.1 Å². The molecule has 3 aromatic rings. The van der Waals surface area contributed by atoms with Crippen molar-refractivity contribution < 1.29 is 0 Å². The predicted octanol–water partition coefficient (Wildman–Crippen LogP) is 3.93. The van der Waals surface area contributed by atoms with Gasteiger partial charge in [0.05, 0.1) is 0 Å². The molecule has 0 saturated heterocycles. The van der Waals surface area contributed by atoms with Gasteiger partial charge in [0.1, 0.15) is 12.0 Å². The van der Waals surface area contributed by atoms with E-state index in [1.165, 1.54) is 16.7 Å². The molecule has 0 atom stereocenters. The molecule has 0 radical (unpaired) electrons. The lowest BCUT2D eigenvalue weighted by Gasteiger charge is -2.30. The molecular formula is C21H23N5. The molecule has 1 aliphatic heterocycles. The highest BCUT2D eigenvalue weighted by Gasteiger charge is 2.20. The fraction of sp³-hybridized carbons (Fsp3) is 0.238. The Hall–Kier alpha value is -3.08. The van der Waals surface area contributed by atoms with Gasteiger partial charge in [-0.3, -0.25) is 0 Å². The van der Waals surface area contributed by atoms with Gasteiger partial charge in [-0.05, 0) is 41.7 Å². The van der Waals surface area contributed by atoms with Gasteiger partial charge in [0.25, 0.3) is 0 Å². The van der Waals surface area contributed by atoms with Gasteiger partial charge in [0.2, 0.25) is 0 Å². The minimum Gasteiger partial charge on any atom is -0.393 e. The van der Waals surface area contributed by atoms with Crippen LogP contribution in [0, 0.1) is 0 Å². The summed E-state index contributed by atoms with van der Waals surface area (Å²) >= 11 is 0. The van der Waals surface area contributed by atoms with Crippen LogP contribution in [-0.2, 0) is 19.4 Å². The number of nitrogen functional groups attached to an aromatic ring is 1. The number of nitrogens with one attached hydrogen (secondary N) is 1. The van der Waals surface area contributed by atoms with E-state index in [0.717, 1.165) is 37.4 Å². The van der Waals surface area contributed by atoms with E-state index in [4.69, 9.17) is 5.73 Å². The quantitative estimate of drug-likeness (QED) is 0.750. The van der Waals surface area contributed by atoms with Crippen LogP contribution in [0.1, 0.15) is 23.6 Å². The summed E-state index contributed by atoms with van der Waals surface area (Å²) in [6.07, 6.45) is 3.60. The molecule has 0 saturated carbocycles. The molecule has 0 fully saturated rings. The number of aromatic nitrogens is 2. The molecule has 3 N–H and O–H groups in total. The van der Waals surface area contributed by atoms with E-state index in [-0.39, 0.29) is 0 Å². The number of anilines is 4. The number of rotatable bonds is 4. The van der Waals surface area contributed by atoms with Crippen LogP contribution >= 0.6 is 0 Å². The number of benzene rings is 2. The van der Waals surface area contributed by atoms with Crippen LogP contribution in [0.15, 0.2) is 54.9 Å². The lowest BCUT2D eigenvalue weighted by Crippen LogP contribution is -2.31. The summed E-state index contributed by atoms with van der Waals surface area (Å²) in [6.45, 7) is 3.87. The molecule has 0 unspecified atom stereocenters. The smallest absolute Gasteiger partial charge is 0.159 e. The first kappa shape index (κ1) is 16.4. The molecule has 5 heteroatoms. The zero-order chi connectivity index (χ0) is 17.9. The summed E-state index contributed by atoms with van der Waals surface area (Å²) in [6, 6.07) is 16.9. The summed E-state index contributed by atoms with van der Waals surface area (Å²) in [7, 11) is 0. The summed E-state index contributed by atoms with van der Waals surface area (Å²) in [5.74, 6) is 1.44. The maximum atomic E-state index is 6.41. The standard InChI is InChI=1S/C21H23N5/c1-2-15-7-9-18(10-8-15)25-20-19(22)21(24-14-23-20)26-12-11-16-5-3-4-6-17(16)13-26/h3-10,14H,2,11-13,22H2,1H3,(H,23,24,25). The van der Waals surface area contributed by atoms with E-state index in [0.29, 0.717) is 11.5 Å². The van der Waals surface area contributed by atoms with E-state index in [1.54, 1.807) is 6.33 Å². The van der Waals surface area contributed by atoms with Gasteiger partial charge in [-0.25, -0.2) is 9.97 Å². The van der Waals surface area contributed by atoms with E-state index in [2.05, 4.69) is 75.6 Å². The number of hydrogen-bond acceptors (Lipinski definition) is 5. The van der Waals surface area contributed by atoms with Gasteiger partial charge in [-0.1, -0.05) is 43.3 Å². The van der Waals surface area contributed by atoms with Crippen LogP contribution in [0.5, 0.6) is 0 Å². The molecule has 0 spiro atoms. The van der Waals surface area contributed by atoms with Crippen LogP contribution in [0.3, 0.4) is 0 Å². The molecule has 0 bridgehead atoms. The van der Waals surface area contributed by atoms with Gasteiger partial charge in [0.15, 0.2) is 11.6 Å². The maximum Gasteiger partial charge on any atom is 0.159 e. The first-order chi connectivity index (χ1) is 12.7. The fourth-order valence-corrected chi connectivity index (χ4v) is 3.37. The lowest BCUT2D eigenvalue weighted by molar-refractivity contribution is 0.721. The van der Waals surface area contributed by atoms with Crippen LogP contribution in [0.2, 0.25) is 0 Å². The van der Waals surface area contributed by atoms with E-state index >= 15 is 0 Å². The highest BCUT2D eigenvalue weighted by molar-refractivity contribution is 5.78. The second-order valence-electron chi connectivity index (χ2n) is 6.58. The Morgan fingerprint density at radius 1 is 1.04 bits per heavy atom. The second kappa shape index (κ2) is 7.04. The van der Waals surface area contributed by atoms with Crippen molar-refractivity contribution in [3.8, 4) is 0 Å². The third-order valence-corrected chi connectivity index (χ3v) is 4.92. The average molecular weight is 345 g/mol. The molecule has 1 aliphatic rings. The summed E-state index contributed by atoms with van der Waals surface area (Å²) in [4.78, 5) is 11.0. The van der Waals surface area contributed by atoms with Crippen molar-refractivity contribution >= 4 is 23.0 Å². The molecule has 0 aliphatic carbocycles. The highest BCUT2D eigenvalue weighted by Crippen LogP contribution is 2.31. The number of nitrogens with zero attached hydrogens (tertiary/aromatic N) is 3. The summed E-state index contributed by atoms with van der Waals surface area (Å²) < 4.78 is 0. The largest absolute Gasteiger partial charge is 0.393 e. The molecule has 2 heterocycles. The van der Waals surface area contributed by atoms with Crippen molar-refractivity contribution in [2.45, 2.75) is 26.3 Å². The molecule has 2 aromatic carbocycles. The van der Waals surface area contributed by atoms with Crippen LogP contribution in [-0.4, -0.2) is 16.5 Å². The number of fused-ring (bicyclic) bond motifs is 1. The monoisotopic (exact) mass is 345 g/mol. The Balaban J connectivity index is 1.58. The number of aryl methyl sites for hydroxylation is 1. The molecule has 26 heavy (non-hydrogen) atoms. The van der Waals surface area contributed by atoms with Crippen molar-refractivity contribution in [1.82, 2.24) is 9.97 Å². The number of nitrogens with two attached hydrogens (primary N) is 1. The van der Waals surface area contributed by atoms with Gasteiger partial charge >= 0.3 is 0 Å². The van der Waals surface area contributed by atoms with Crippen molar-refractivity contribution in [2.24, 2.45) is 0 Å². The Morgan fingerprint density at radius 2 is 1.81 bits per heavy atom. The van der Waals surface area contributed by atoms with E-state index in [9.17, 15) is 0 Å². The Labute approximate surface area is 153 Å². The SMILES string of the molecule is CCc1ccc(Nc2ncnc(N3CCc4ccccc4C3)c2N)cc1. The minimum absolute atomic E-state index is 0.589. The molecule has 1 aromatic heterocycles. The fourth-order valence-electron chi connectivity index (χ4n) is 3.37. The van der Waals surface area contributed by atoms with Gasteiger partial charge < -0.3 is 16.0 Å². The zero-order valence-corrected chi connectivity index (χ0v) is 14.9. The van der Waals surface area contributed by atoms with Crippen molar-refractivity contribution in [2.75, 3.05) is 22.5 Å². The molecule has 132 valence electrons. The van der Waals surface area contributed by atoms with Crippen LogP contribution in [0.25, 0.3) is 0 Å². The molecule has 4 rings (SSSR count). The molecular weight excluding hydrogens is 322 g/mol. The van der Waals surface area contributed by atoms with E-state index in [1.807, 2.05) is 0 Å². The lowest BCUT2D eigenvalue weighted by atomic mass is 10.00. The first-order valence-electron chi connectivity index (χ1n) is 9.02. The Morgan fingerprint density at radius 3 is 2.58 bits per heavy atom. The molecule has 5 nitrogen and oxygen atoms in total. The van der Waals surface area contributed by atoms with Crippen molar-refractivity contribution in [3.63, 3.8) is 0 Å². The zero-order valence-electron chi connectivity index (χ0n) is 14.9. The normalized spacial score (nSPS) is 13.3. The van der Waals surface area contributed by atoms with Crippen molar-refractivity contribution in [3.05, 3.63) is 71.5 Å². The maximum absolute atomic E-state index is 6.41. The Bertz CT molecular complexity index is 905. The molecule has 0 amide bonds. The van der Waals surface area contributed by atoms with Crippen LogP contribution in [0.4, 0.5) is 23.0 Å². The van der Waals surface area contributed by atoms with Gasteiger partial charge in [-0.15, -0.1) is 0 Å². The second-order valence-corrected chi connectivity index (χ2v) is 6.58. The van der Waals surface area contributed by atoms with Gasteiger partial charge in [-0.2, -0.15) is 0 Å². The Kier molecular flexibility index (Phi) is 4.44. The predicted molar refractivity (Wildman–Crippen MR) is 107 cm³/mol. The van der Waals surface area contributed by atoms with Crippen molar-refractivity contribution in [1.29, 1.82) is 0 Å². The first-order valence-corrected chi connectivity index (χ1v) is 9.02. The highest BCUT2D eigenvalue weighted by atomic mass is 15.2. The van der Waals surface area contributed by atoms with Crippen LogP contribution < -0.4 is 16.0 Å². The van der Waals surface area contributed by atoms with Gasteiger partial charge in [0, 0.05) is 18.8 Å². The summed E-state index contributed by atoms with van der Waals surface area (Å²) in [5, 5.41) is 3.32. The third-order valence-electron chi connectivity index (χ3n) is 4.92. The van der Waals surface area contributed by atoms with E-state index < -0.39 is 0 Å². The third kappa shape index (κ3) is 3.20.